The summed E-state index contributed by atoms with van der Waals surface area (Å²) >= 11 is 1.16. The van der Waals surface area contributed by atoms with E-state index in [9.17, 15) is 19.7 Å². The van der Waals surface area contributed by atoms with Crippen LogP contribution in [-0.2, 0) is 14.3 Å². The molecule has 0 amide bonds. The molecule has 1 saturated heterocycles. The summed E-state index contributed by atoms with van der Waals surface area (Å²) in [5.74, 6) is -1.16. The number of carbonyl (C=O) groups excluding carboxylic acids is 2. The Morgan fingerprint density at radius 3 is 2.90 bits per heavy atom. The maximum Gasteiger partial charge on any atom is 0.349 e. The molecule has 2 heterocycles. The highest BCUT2D eigenvalue weighted by Crippen LogP contribution is 2.29. The summed E-state index contributed by atoms with van der Waals surface area (Å²) in [5, 5.41) is 11.3. The van der Waals surface area contributed by atoms with E-state index in [1.54, 1.807) is 6.07 Å². The number of carbonyl (C=O) groups is 2. The lowest BCUT2D eigenvalue weighted by Crippen LogP contribution is -2.22. The Bertz CT molecular complexity index is 752. The third-order valence-electron chi connectivity index (χ3n) is 3.05. The van der Waals surface area contributed by atoms with Gasteiger partial charge in [-0.05, 0) is 12.1 Å². The van der Waals surface area contributed by atoms with E-state index in [2.05, 4.69) is 0 Å². The zero-order chi connectivity index (χ0) is 15.0. The number of cyclic esters (lactones) is 1. The first kappa shape index (κ1) is 13.5. The van der Waals surface area contributed by atoms with Crippen LogP contribution in [0.5, 0.6) is 0 Å². The maximum atomic E-state index is 12.0. The van der Waals surface area contributed by atoms with Crippen molar-refractivity contribution >= 4 is 39.0 Å². The van der Waals surface area contributed by atoms with Gasteiger partial charge >= 0.3 is 11.9 Å². The molecule has 2 aromatic rings. The van der Waals surface area contributed by atoms with E-state index in [4.69, 9.17) is 9.47 Å². The lowest BCUT2D eigenvalue weighted by Gasteiger charge is -2.06. The lowest BCUT2D eigenvalue weighted by molar-refractivity contribution is -0.384. The van der Waals surface area contributed by atoms with Crippen LogP contribution >= 0.6 is 11.3 Å². The molecule has 0 saturated carbocycles. The quantitative estimate of drug-likeness (QED) is 0.490. The van der Waals surface area contributed by atoms with E-state index in [-0.39, 0.29) is 12.3 Å². The summed E-state index contributed by atoms with van der Waals surface area (Å²) in [5.41, 5.74) is -0.0420. The first-order chi connectivity index (χ1) is 10.0. The fourth-order valence-corrected chi connectivity index (χ4v) is 2.94. The van der Waals surface area contributed by atoms with Gasteiger partial charge in [0.15, 0.2) is 0 Å². The van der Waals surface area contributed by atoms with Crippen LogP contribution in [0, 0.1) is 10.1 Å². The van der Waals surface area contributed by atoms with Gasteiger partial charge in [0.05, 0.1) is 11.5 Å². The van der Waals surface area contributed by atoms with Gasteiger partial charge in [-0.2, -0.15) is 0 Å². The molecule has 0 aliphatic carbocycles. The Hall–Kier alpha value is -2.48. The predicted octanol–water partition coefficient (Wildman–Crippen LogP) is 2.28. The monoisotopic (exact) mass is 307 g/mol. The number of nitrogens with zero attached hydrogens (tertiary/aromatic N) is 1. The largest absolute Gasteiger partial charge is 0.463 e. The molecule has 108 valence electrons. The first-order valence-electron chi connectivity index (χ1n) is 6.10. The van der Waals surface area contributed by atoms with Crippen LogP contribution in [0.15, 0.2) is 24.3 Å². The second-order valence-electron chi connectivity index (χ2n) is 4.44. The molecule has 0 bridgehead atoms. The van der Waals surface area contributed by atoms with Gasteiger partial charge in [-0.3, -0.25) is 10.1 Å². The van der Waals surface area contributed by atoms with E-state index in [1.807, 2.05) is 0 Å². The van der Waals surface area contributed by atoms with Gasteiger partial charge in [0.25, 0.3) is 5.69 Å². The molecule has 1 aromatic carbocycles. The highest BCUT2D eigenvalue weighted by Gasteiger charge is 2.31. The summed E-state index contributed by atoms with van der Waals surface area (Å²) in [6.45, 7) is 0.245. The van der Waals surface area contributed by atoms with Gasteiger partial charge in [-0.25, -0.2) is 9.59 Å². The van der Waals surface area contributed by atoms with Gasteiger partial charge < -0.3 is 9.47 Å². The van der Waals surface area contributed by atoms with Crippen molar-refractivity contribution in [3.8, 4) is 0 Å². The fourth-order valence-electron chi connectivity index (χ4n) is 2.02. The summed E-state index contributed by atoms with van der Waals surface area (Å²) in [4.78, 5) is 33.8. The summed E-state index contributed by atoms with van der Waals surface area (Å²) in [6, 6.07) is 5.88. The molecule has 1 aromatic heterocycles. The first-order valence-corrected chi connectivity index (χ1v) is 6.92. The van der Waals surface area contributed by atoms with Gasteiger partial charge in [-0.1, -0.05) is 0 Å². The van der Waals surface area contributed by atoms with Gasteiger partial charge in [-0.15, -0.1) is 11.3 Å². The Kier molecular flexibility index (Phi) is 3.30. The molecule has 0 unspecified atom stereocenters. The van der Waals surface area contributed by atoms with Crippen LogP contribution in [0.25, 0.3) is 10.1 Å². The van der Waals surface area contributed by atoms with Crippen molar-refractivity contribution in [1.82, 2.24) is 0 Å². The maximum absolute atomic E-state index is 12.0. The molecular weight excluding hydrogens is 298 g/mol. The van der Waals surface area contributed by atoms with Crippen molar-refractivity contribution in [2.75, 3.05) is 6.61 Å². The van der Waals surface area contributed by atoms with Crippen LogP contribution in [0.1, 0.15) is 16.1 Å². The molecule has 1 aliphatic heterocycles. The third-order valence-corrected chi connectivity index (χ3v) is 4.14. The van der Waals surface area contributed by atoms with E-state index in [0.29, 0.717) is 16.7 Å². The lowest BCUT2D eigenvalue weighted by atomic mass is 10.2. The number of thiophene rings is 1. The zero-order valence-corrected chi connectivity index (χ0v) is 11.4. The summed E-state index contributed by atoms with van der Waals surface area (Å²) in [7, 11) is 0. The molecular formula is C13H9NO6S. The van der Waals surface area contributed by atoms with Crippen molar-refractivity contribution in [3.63, 3.8) is 0 Å². The Morgan fingerprint density at radius 2 is 2.24 bits per heavy atom. The number of ether oxygens (including phenoxy) is 2. The summed E-state index contributed by atoms with van der Waals surface area (Å²) < 4.78 is 10.5. The SMILES string of the molecule is O=C(O[C@H]1CCOC1=O)c1cc2cc([N+](=O)[O-])ccc2s1. The average Bonchev–Trinajstić information content (AvgIpc) is 3.04. The van der Waals surface area contributed by atoms with Crippen LogP contribution in [-0.4, -0.2) is 29.6 Å². The number of esters is 2. The Balaban J connectivity index is 1.85. The van der Waals surface area contributed by atoms with Crippen LogP contribution in [0.2, 0.25) is 0 Å². The molecule has 8 heteroatoms. The molecule has 0 spiro atoms. The predicted molar refractivity (Wildman–Crippen MR) is 73.3 cm³/mol. The number of non-ortho nitro benzene ring substituents is 1. The zero-order valence-electron chi connectivity index (χ0n) is 10.6. The van der Waals surface area contributed by atoms with Gasteiger partial charge in [0, 0.05) is 28.6 Å². The average molecular weight is 307 g/mol. The second kappa shape index (κ2) is 5.13. The standard InChI is InChI=1S/C13H9NO6S/c15-12-9(3-4-19-12)20-13(16)11-6-7-5-8(14(17)18)1-2-10(7)21-11/h1-2,5-6,9H,3-4H2/t9-/m0/s1. The number of hydrogen-bond donors (Lipinski definition) is 0. The van der Waals surface area contributed by atoms with Crippen molar-refractivity contribution in [2.24, 2.45) is 0 Å². The van der Waals surface area contributed by atoms with Gasteiger partial charge in [0.2, 0.25) is 6.10 Å². The number of nitro benzene ring substituents is 1. The van der Waals surface area contributed by atoms with Crippen molar-refractivity contribution in [1.29, 1.82) is 0 Å². The number of hydrogen-bond acceptors (Lipinski definition) is 7. The minimum absolute atomic E-state index is 0.0420. The molecule has 7 nitrogen and oxygen atoms in total. The minimum atomic E-state index is -0.864. The highest BCUT2D eigenvalue weighted by molar-refractivity contribution is 7.20. The highest BCUT2D eigenvalue weighted by atomic mass is 32.1. The Labute approximate surface area is 122 Å². The molecule has 0 radical (unpaired) electrons. The van der Waals surface area contributed by atoms with Crippen molar-refractivity contribution in [2.45, 2.75) is 12.5 Å². The fraction of sp³-hybridized carbons (Fsp3) is 0.231. The molecule has 1 aliphatic rings. The van der Waals surface area contributed by atoms with Gasteiger partial charge in [0.1, 0.15) is 4.88 Å². The minimum Gasteiger partial charge on any atom is -0.463 e. The molecule has 0 N–H and O–H groups in total. The number of nitro groups is 1. The molecule has 1 fully saturated rings. The number of fused-ring (bicyclic) bond motifs is 1. The topological polar surface area (TPSA) is 95.7 Å². The third kappa shape index (κ3) is 2.57. The van der Waals surface area contributed by atoms with Crippen LogP contribution in [0.3, 0.4) is 0 Å². The molecule has 1 atom stereocenters. The van der Waals surface area contributed by atoms with Crippen LogP contribution in [0.4, 0.5) is 5.69 Å². The normalized spacial score (nSPS) is 17.7. The van der Waals surface area contributed by atoms with Crippen LogP contribution < -0.4 is 0 Å². The van der Waals surface area contributed by atoms with E-state index in [1.165, 1.54) is 18.2 Å². The van der Waals surface area contributed by atoms with E-state index < -0.39 is 23.0 Å². The van der Waals surface area contributed by atoms with E-state index in [0.717, 1.165) is 16.0 Å². The number of rotatable bonds is 3. The second-order valence-corrected chi connectivity index (χ2v) is 5.52. The molecule has 3 rings (SSSR count). The smallest absolute Gasteiger partial charge is 0.349 e. The molecule has 21 heavy (non-hydrogen) atoms. The van der Waals surface area contributed by atoms with Crippen molar-refractivity contribution in [3.05, 3.63) is 39.3 Å². The number of benzene rings is 1. The van der Waals surface area contributed by atoms with E-state index >= 15 is 0 Å². The van der Waals surface area contributed by atoms with Crippen molar-refractivity contribution < 1.29 is 24.0 Å². The Morgan fingerprint density at radius 1 is 1.43 bits per heavy atom. The summed E-state index contributed by atoms with van der Waals surface area (Å²) in [6.07, 6.45) is -0.516.